The van der Waals surface area contributed by atoms with Crippen LogP contribution in [-0.4, -0.2) is 29.7 Å². The van der Waals surface area contributed by atoms with Crippen molar-refractivity contribution in [3.8, 4) is 0 Å². The monoisotopic (exact) mass is 274 g/mol. The molecule has 0 spiro atoms. The number of hydrogen-bond acceptors (Lipinski definition) is 4. The summed E-state index contributed by atoms with van der Waals surface area (Å²) < 4.78 is 13.8. The normalized spacial score (nSPS) is 21.1. The van der Waals surface area contributed by atoms with Gasteiger partial charge in [0.25, 0.3) is 0 Å². The Hall–Kier alpha value is -2.17. The summed E-state index contributed by atoms with van der Waals surface area (Å²) in [5, 5.41) is 3.73. The van der Waals surface area contributed by atoms with Crippen molar-refractivity contribution in [3.63, 3.8) is 0 Å². The molecule has 0 aliphatic carbocycles. The molecule has 20 heavy (non-hydrogen) atoms. The number of likely N-dealkylation sites (tertiary alicyclic amines) is 1. The van der Waals surface area contributed by atoms with Crippen molar-refractivity contribution in [2.75, 3.05) is 13.1 Å². The highest BCUT2D eigenvalue weighted by Gasteiger charge is 2.29. The molecule has 0 amide bonds. The molecule has 1 saturated heterocycles. The van der Waals surface area contributed by atoms with Gasteiger partial charge in [0.1, 0.15) is 17.1 Å². The van der Waals surface area contributed by atoms with Crippen molar-refractivity contribution in [3.05, 3.63) is 47.4 Å². The third-order valence-corrected chi connectivity index (χ3v) is 3.53. The SMILES string of the molecule is O=C1ON=C(c2ccccc2F)/C1=C/N1CCCCC1. The molecule has 3 rings (SSSR count). The number of benzene rings is 1. The van der Waals surface area contributed by atoms with E-state index in [1.54, 1.807) is 24.4 Å². The first-order valence-corrected chi connectivity index (χ1v) is 6.76. The zero-order valence-electron chi connectivity index (χ0n) is 11.0. The van der Waals surface area contributed by atoms with Gasteiger partial charge in [0.15, 0.2) is 0 Å². The van der Waals surface area contributed by atoms with Gasteiger partial charge in [0.2, 0.25) is 0 Å². The van der Waals surface area contributed by atoms with Crippen molar-refractivity contribution < 1.29 is 14.0 Å². The number of halogens is 1. The maximum Gasteiger partial charge on any atom is 0.369 e. The lowest BCUT2D eigenvalue weighted by atomic mass is 10.0. The van der Waals surface area contributed by atoms with Gasteiger partial charge in [-0.3, -0.25) is 0 Å². The van der Waals surface area contributed by atoms with Crippen LogP contribution < -0.4 is 0 Å². The van der Waals surface area contributed by atoms with Crippen LogP contribution in [0.3, 0.4) is 0 Å². The fraction of sp³-hybridized carbons (Fsp3) is 0.333. The van der Waals surface area contributed by atoms with Gasteiger partial charge in [0, 0.05) is 24.9 Å². The van der Waals surface area contributed by atoms with Gasteiger partial charge in [-0.2, -0.15) is 0 Å². The molecule has 1 aromatic rings. The highest BCUT2D eigenvalue weighted by atomic mass is 19.1. The molecule has 0 radical (unpaired) electrons. The molecule has 0 saturated carbocycles. The maximum atomic E-state index is 13.8. The van der Waals surface area contributed by atoms with E-state index in [1.807, 2.05) is 0 Å². The second-order valence-electron chi connectivity index (χ2n) is 4.94. The molecule has 0 unspecified atom stereocenters. The third kappa shape index (κ3) is 2.43. The lowest BCUT2D eigenvalue weighted by Crippen LogP contribution is -2.26. The van der Waals surface area contributed by atoms with E-state index in [9.17, 15) is 9.18 Å². The smallest absolute Gasteiger partial charge is 0.369 e. The van der Waals surface area contributed by atoms with Crippen molar-refractivity contribution in [2.45, 2.75) is 19.3 Å². The highest BCUT2D eigenvalue weighted by molar-refractivity contribution is 6.28. The minimum Gasteiger partial charge on any atom is -0.377 e. The molecule has 2 aliphatic heterocycles. The molecule has 1 aromatic carbocycles. The summed E-state index contributed by atoms with van der Waals surface area (Å²) in [6.45, 7) is 1.81. The predicted octanol–water partition coefficient (Wildman–Crippen LogP) is 2.46. The molecule has 104 valence electrons. The van der Waals surface area contributed by atoms with Crippen molar-refractivity contribution in [1.82, 2.24) is 4.90 Å². The van der Waals surface area contributed by atoms with Crippen LogP contribution in [-0.2, 0) is 9.63 Å². The first kappa shape index (κ1) is 12.8. The van der Waals surface area contributed by atoms with Crippen molar-refractivity contribution in [1.29, 1.82) is 0 Å². The van der Waals surface area contributed by atoms with Gasteiger partial charge >= 0.3 is 5.97 Å². The molecular formula is C15H15FN2O2. The second kappa shape index (κ2) is 5.45. The Kier molecular flexibility index (Phi) is 3.50. The minimum absolute atomic E-state index is 0.277. The summed E-state index contributed by atoms with van der Waals surface area (Å²) in [6, 6.07) is 6.26. The first-order chi connectivity index (χ1) is 9.75. The lowest BCUT2D eigenvalue weighted by Gasteiger charge is -2.25. The Labute approximate surface area is 116 Å². The summed E-state index contributed by atoms with van der Waals surface area (Å²) >= 11 is 0. The molecule has 0 bridgehead atoms. The van der Waals surface area contributed by atoms with E-state index >= 15 is 0 Å². The predicted molar refractivity (Wildman–Crippen MR) is 72.5 cm³/mol. The van der Waals surface area contributed by atoms with Crippen LogP contribution in [0.5, 0.6) is 0 Å². The molecule has 0 aromatic heterocycles. The van der Waals surface area contributed by atoms with E-state index in [0.717, 1.165) is 25.9 Å². The Balaban J connectivity index is 1.92. The van der Waals surface area contributed by atoms with Gasteiger partial charge in [-0.05, 0) is 31.4 Å². The number of oxime groups is 1. The summed E-state index contributed by atoms with van der Waals surface area (Å²) in [5.41, 5.74) is 0.900. The van der Waals surface area contributed by atoms with Crippen molar-refractivity contribution in [2.24, 2.45) is 5.16 Å². The van der Waals surface area contributed by atoms with Gasteiger partial charge in [0.05, 0.1) is 0 Å². The van der Waals surface area contributed by atoms with Crippen LogP contribution >= 0.6 is 0 Å². The summed E-state index contributed by atoms with van der Waals surface area (Å²) in [7, 11) is 0. The largest absolute Gasteiger partial charge is 0.377 e. The standard InChI is InChI=1S/C15H15FN2O2/c16-13-7-3-2-6-11(13)14-12(15(19)20-17-14)10-18-8-4-1-5-9-18/h2-3,6-7,10H,1,4-5,8-9H2/b12-10-. The van der Waals surface area contributed by atoms with Gasteiger partial charge in [-0.15, -0.1) is 0 Å². The van der Waals surface area contributed by atoms with Gasteiger partial charge in [-0.25, -0.2) is 9.18 Å². The third-order valence-electron chi connectivity index (χ3n) is 3.53. The molecule has 0 atom stereocenters. The lowest BCUT2D eigenvalue weighted by molar-refractivity contribution is -0.136. The average molecular weight is 274 g/mol. The Morgan fingerprint density at radius 3 is 2.70 bits per heavy atom. The number of carbonyl (C=O) groups excluding carboxylic acids is 1. The van der Waals surface area contributed by atoms with Crippen LogP contribution in [0.15, 0.2) is 41.2 Å². The quantitative estimate of drug-likeness (QED) is 0.614. The first-order valence-electron chi connectivity index (χ1n) is 6.76. The van der Waals surface area contributed by atoms with E-state index in [-0.39, 0.29) is 5.71 Å². The molecular weight excluding hydrogens is 259 g/mol. The zero-order valence-corrected chi connectivity index (χ0v) is 11.0. The second-order valence-corrected chi connectivity index (χ2v) is 4.94. The Morgan fingerprint density at radius 2 is 1.95 bits per heavy atom. The van der Waals surface area contributed by atoms with E-state index in [1.165, 1.54) is 12.5 Å². The van der Waals surface area contributed by atoms with Crippen molar-refractivity contribution >= 4 is 11.7 Å². The molecule has 4 nitrogen and oxygen atoms in total. The Bertz CT molecular complexity index is 589. The van der Waals surface area contributed by atoms with Gasteiger partial charge < -0.3 is 9.74 Å². The van der Waals surface area contributed by atoms with E-state index in [0.29, 0.717) is 11.1 Å². The van der Waals surface area contributed by atoms with Crippen LogP contribution in [0, 0.1) is 5.82 Å². The van der Waals surface area contributed by atoms with E-state index < -0.39 is 11.8 Å². The minimum atomic E-state index is -0.520. The fourth-order valence-electron chi connectivity index (χ4n) is 2.47. The average Bonchev–Trinajstić information content (AvgIpc) is 2.82. The summed E-state index contributed by atoms with van der Waals surface area (Å²) in [5.74, 6) is -0.928. The van der Waals surface area contributed by atoms with Crippen LogP contribution in [0.4, 0.5) is 4.39 Å². The Morgan fingerprint density at radius 1 is 1.20 bits per heavy atom. The molecule has 0 N–H and O–H groups in total. The number of carbonyl (C=O) groups is 1. The van der Waals surface area contributed by atoms with E-state index in [2.05, 4.69) is 10.1 Å². The van der Waals surface area contributed by atoms with Crippen LogP contribution in [0.2, 0.25) is 0 Å². The fourth-order valence-corrected chi connectivity index (χ4v) is 2.47. The number of nitrogens with zero attached hydrogens (tertiary/aromatic N) is 2. The summed E-state index contributed by atoms with van der Waals surface area (Å²) in [4.78, 5) is 18.6. The number of hydrogen-bond donors (Lipinski definition) is 0. The van der Waals surface area contributed by atoms with Gasteiger partial charge in [-0.1, -0.05) is 17.3 Å². The molecule has 1 fully saturated rings. The zero-order chi connectivity index (χ0) is 13.9. The van der Waals surface area contributed by atoms with Crippen LogP contribution in [0.25, 0.3) is 0 Å². The molecule has 2 aliphatic rings. The summed E-state index contributed by atoms with van der Waals surface area (Å²) in [6.07, 6.45) is 5.16. The molecule has 5 heteroatoms. The number of rotatable bonds is 2. The van der Waals surface area contributed by atoms with E-state index in [4.69, 9.17) is 4.84 Å². The number of piperidine rings is 1. The topological polar surface area (TPSA) is 41.9 Å². The maximum absolute atomic E-state index is 13.8. The highest BCUT2D eigenvalue weighted by Crippen LogP contribution is 2.21. The molecule has 2 heterocycles. The van der Waals surface area contributed by atoms with Crippen LogP contribution in [0.1, 0.15) is 24.8 Å².